The van der Waals surface area contributed by atoms with Crippen LogP contribution in [0.5, 0.6) is 0 Å². The van der Waals surface area contributed by atoms with Gasteiger partial charge >= 0.3 is 0 Å². The second-order valence-corrected chi connectivity index (χ2v) is 3.86. The van der Waals surface area contributed by atoms with Gasteiger partial charge in [0.15, 0.2) is 5.65 Å². The molecule has 0 aromatic carbocycles. The van der Waals surface area contributed by atoms with Crippen LogP contribution in [0.3, 0.4) is 0 Å². The second-order valence-electron chi connectivity index (χ2n) is 3.86. The first-order valence-electron chi connectivity index (χ1n) is 6.36. The smallest absolute Gasteiger partial charge is 0.158 e. The lowest BCUT2D eigenvalue weighted by molar-refractivity contribution is 0.691. The zero-order valence-electron chi connectivity index (χ0n) is 11.4. The molecule has 3 rings (SSSR count). The van der Waals surface area contributed by atoms with Gasteiger partial charge in [0.05, 0.1) is 12.2 Å². The minimum atomic E-state index is 0.641. The Morgan fingerprint density at radius 2 is 1.89 bits per heavy atom. The van der Waals surface area contributed by atoms with E-state index in [-0.39, 0.29) is 0 Å². The highest BCUT2D eigenvalue weighted by atomic mass is 15.3. The van der Waals surface area contributed by atoms with E-state index in [0.717, 1.165) is 22.3 Å². The molecule has 3 heterocycles. The van der Waals surface area contributed by atoms with Gasteiger partial charge in [-0.25, -0.2) is 19.6 Å². The molecule has 0 N–H and O–H groups in total. The minimum Gasteiger partial charge on any atom is -0.244 e. The van der Waals surface area contributed by atoms with Gasteiger partial charge < -0.3 is 0 Å². The Hall–Kier alpha value is -2.30. The maximum Gasteiger partial charge on any atom is 0.158 e. The average molecular weight is 255 g/mol. The summed E-state index contributed by atoms with van der Waals surface area (Å²) in [6, 6.07) is 3.95. The van der Waals surface area contributed by atoms with Crippen molar-refractivity contribution in [3.63, 3.8) is 0 Å². The van der Waals surface area contributed by atoms with E-state index < -0.39 is 0 Å². The largest absolute Gasteiger partial charge is 0.244 e. The fourth-order valence-electron chi connectivity index (χ4n) is 1.86. The Kier molecular flexibility index (Phi) is 4.18. The van der Waals surface area contributed by atoms with E-state index in [9.17, 15) is 0 Å². The van der Waals surface area contributed by atoms with Crippen LogP contribution in [0.1, 0.15) is 25.1 Å². The van der Waals surface area contributed by atoms with Crippen LogP contribution >= 0.6 is 0 Å². The zero-order chi connectivity index (χ0) is 13.7. The molecule has 5 nitrogen and oxygen atoms in total. The third-order valence-electron chi connectivity index (χ3n) is 2.64. The highest BCUT2D eigenvalue weighted by molar-refractivity contribution is 5.77. The molecular formula is C14H17N5. The van der Waals surface area contributed by atoms with Crippen molar-refractivity contribution in [2.24, 2.45) is 0 Å². The molecule has 0 aliphatic rings. The normalized spacial score (nSPS) is 10.1. The molecule has 0 spiro atoms. The van der Waals surface area contributed by atoms with E-state index in [1.165, 1.54) is 6.33 Å². The third kappa shape index (κ3) is 2.76. The number of hydrogen-bond donors (Lipinski definition) is 0. The predicted octanol–water partition coefficient (Wildman–Crippen LogP) is 2.60. The highest BCUT2D eigenvalue weighted by Crippen LogP contribution is 2.15. The van der Waals surface area contributed by atoms with Crippen LogP contribution in [0.25, 0.3) is 11.0 Å². The summed E-state index contributed by atoms with van der Waals surface area (Å²) in [6.07, 6.45) is 6.88. The van der Waals surface area contributed by atoms with Gasteiger partial charge in [0.25, 0.3) is 0 Å². The van der Waals surface area contributed by atoms with Gasteiger partial charge in [-0.3, -0.25) is 0 Å². The summed E-state index contributed by atoms with van der Waals surface area (Å²) in [5.41, 5.74) is 2.90. The fraction of sp³-hybridized carbons (Fsp3) is 0.286. The number of hydrogen-bond acceptors (Lipinski definition) is 4. The van der Waals surface area contributed by atoms with Gasteiger partial charge in [-0.2, -0.15) is 5.10 Å². The number of nitrogens with zero attached hydrogens (tertiary/aromatic N) is 5. The van der Waals surface area contributed by atoms with E-state index in [2.05, 4.69) is 20.1 Å². The van der Waals surface area contributed by atoms with Crippen molar-refractivity contribution in [1.29, 1.82) is 0 Å². The zero-order valence-corrected chi connectivity index (χ0v) is 11.4. The molecule has 0 fully saturated rings. The van der Waals surface area contributed by atoms with Crippen molar-refractivity contribution in [1.82, 2.24) is 24.7 Å². The standard InChI is InChI=1S/C12H11N5.C2H6/c1-9-11-3-2-4-15-12(11)17(16-9)7-10-5-13-8-14-6-10;1-2/h2-6,8H,7H2,1H3;1-2H3. The van der Waals surface area contributed by atoms with E-state index in [1.807, 2.05) is 37.6 Å². The van der Waals surface area contributed by atoms with E-state index in [0.29, 0.717) is 6.54 Å². The van der Waals surface area contributed by atoms with E-state index in [4.69, 9.17) is 0 Å². The summed E-state index contributed by atoms with van der Waals surface area (Å²) < 4.78 is 1.88. The first-order valence-corrected chi connectivity index (χ1v) is 6.36. The van der Waals surface area contributed by atoms with Crippen molar-refractivity contribution in [2.45, 2.75) is 27.3 Å². The Bertz CT molecular complexity index is 645. The molecule has 3 aromatic rings. The molecule has 0 aliphatic carbocycles. The van der Waals surface area contributed by atoms with Crippen LogP contribution in [-0.2, 0) is 6.54 Å². The van der Waals surface area contributed by atoms with E-state index >= 15 is 0 Å². The van der Waals surface area contributed by atoms with Crippen molar-refractivity contribution in [3.05, 3.63) is 48.3 Å². The number of aryl methyl sites for hydroxylation is 1. The van der Waals surface area contributed by atoms with Crippen LogP contribution in [0.2, 0.25) is 0 Å². The average Bonchev–Trinajstić information content (AvgIpc) is 2.79. The molecule has 0 unspecified atom stereocenters. The molecule has 5 heteroatoms. The summed E-state index contributed by atoms with van der Waals surface area (Å²) in [6.45, 7) is 6.63. The molecule has 0 amide bonds. The molecule has 0 bridgehead atoms. The summed E-state index contributed by atoms with van der Waals surface area (Å²) >= 11 is 0. The molecule has 3 aromatic heterocycles. The first kappa shape index (κ1) is 13.1. The lowest BCUT2D eigenvalue weighted by atomic mass is 10.3. The maximum atomic E-state index is 4.48. The quantitative estimate of drug-likeness (QED) is 0.706. The number of fused-ring (bicyclic) bond motifs is 1. The second kappa shape index (κ2) is 6.04. The van der Waals surface area contributed by atoms with Gasteiger partial charge in [0.2, 0.25) is 0 Å². The fourth-order valence-corrected chi connectivity index (χ4v) is 1.86. The van der Waals surface area contributed by atoms with Crippen LogP contribution in [0.4, 0.5) is 0 Å². The van der Waals surface area contributed by atoms with Crippen LogP contribution < -0.4 is 0 Å². The summed E-state index contributed by atoms with van der Waals surface area (Å²) in [4.78, 5) is 12.3. The molecule has 19 heavy (non-hydrogen) atoms. The van der Waals surface area contributed by atoms with Crippen LogP contribution in [-0.4, -0.2) is 24.7 Å². The molecule has 0 saturated heterocycles. The van der Waals surface area contributed by atoms with Gasteiger partial charge in [-0.05, 0) is 19.1 Å². The number of rotatable bonds is 2. The highest BCUT2D eigenvalue weighted by Gasteiger charge is 2.07. The van der Waals surface area contributed by atoms with E-state index in [1.54, 1.807) is 18.6 Å². The number of pyridine rings is 1. The molecule has 0 saturated carbocycles. The Morgan fingerprint density at radius 3 is 2.63 bits per heavy atom. The van der Waals surface area contributed by atoms with Gasteiger partial charge in [0, 0.05) is 29.5 Å². The SMILES string of the molecule is CC.Cc1nn(Cc2cncnc2)c2ncccc12. The lowest BCUT2D eigenvalue weighted by Gasteiger charge is -2.01. The molecule has 0 aliphatic heterocycles. The van der Waals surface area contributed by atoms with Crippen molar-refractivity contribution in [2.75, 3.05) is 0 Å². The Balaban J connectivity index is 0.000000637. The van der Waals surface area contributed by atoms with Gasteiger partial charge in [0.1, 0.15) is 6.33 Å². The monoisotopic (exact) mass is 255 g/mol. The predicted molar refractivity (Wildman–Crippen MR) is 74.7 cm³/mol. The first-order chi connectivity index (χ1) is 9.34. The Morgan fingerprint density at radius 1 is 1.16 bits per heavy atom. The summed E-state index contributed by atoms with van der Waals surface area (Å²) in [7, 11) is 0. The third-order valence-corrected chi connectivity index (χ3v) is 2.64. The molecule has 0 radical (unpaired) electrons. The van der Waals surface area contributed by atoms with Gasteiger partial charge in [-0.1, -0.05) is 13.8 Å². The van der Waals surface area contributed by atoms with Crippen LogP contribution in [0.15, 0.2) is 37.1 Å². The van der Waals surface area contributed by atoms with Gasteiger partial charge in [-0.15, -0.1) is 0 Å². The molecular weight excluding hydrogens is 238 g/mol. The minimum absolute atomic E-state index is 0.641. The van der Waals surface area contributed by atoms with Crippen molar-refractivity contribution >= 4 is 11.0 Å². The van der Waals surface area contributed by atoms with Crippen molar-refractivity contribution < 1.29 is 0 Å². The summed E-state index contributed by atoms with van der Waals surface area (Å²) in [5.74, 6) is 0. The Labute approximate surface area is 112 Å². The maximum absolute atomic E-state index is 4.48. The topological polar surface area (TPSA) is 56.5 Å². The number of aromatic nitrogens is 5. The van der Waals surface area contributed by atoms with Crippen molar-refractivity contribution in [3.8, 4) is 0 Å². The lowest BCUT2D eigenvalue weighted by Crippen LogP contribution is -2.03. The molecule has 0 atom stereocenters. The summed E-state index contributed by atoms with van der Waals surface area (Å²) in [5, 5.41) is 5.57. The van der Waals surface area contributed by atoms with Crippen LogP contribution in [0, 0.1) is 6.92 Å². The molecule has 98 valence electrons.